The Kier molecular flexibility index (Phi) is 4.18. The van der Waals surface area contributed by atoms with Crippen molar-refractivity contribution in [3.8, 4) is 11.5 Å². The number of halogens is 1. The molecule has 0 aliphatic rings. The largest absolute Gasteiger partial charge is 0.504 e. The Morgan fingerprint density at radius 1 is 1.44 bits per heavy atom. The van der Waals surface area contributed by atoms with Gasteiger partial charge in [-0.2, -0.15) is 0 Å². The molecule has 0 aromatic heterocycles. The molecular formula is C11H13BrO4. The third-order valence-electron chi connectivity index (χ3n) is 1.81. The highest BCUT2D eigenvalue weighted by Gasteiger charge is 2.17. The van der Waals surface area contributed by atoms with E-state index in [2.05, 4.69) is 20.7 Å². The average molecular weight is 289 g/mol. The van der Waals surface area contributed by atoms with Crippen LogP contribution in [-0.2, 0) is 4.74 Å². The highest BCUT2D eigenvalue weighted by molar-refractivity contribution is 9.10. The van der Waals surface area contributed by atoms with E-state index in [9.17, 15) is 9.90 Å². The van der Waals surface area contributed by atoms with Gasteiger partial charge in [0.2, 0.25) is 0 Å². The van der Waals surface area contributed by atoms with Gasteiger partial charge in [-0.3, -0.25) is 0 Å². The van der Waals surface area contributed by atoms with Crippen molar-refractivity contribution in [1.29, 1.82) is 0 Å². The summed E-state index contributed by atoms with van der Waals surface area (Å²) in [5, 5.41) is 9.82. The second-order valence-corrected chi connectivity index (χ2v) is 4.37. The molecule has 0 radical (unpaired) electrons. The van der Waals surface area contributed by atoms with E-state index in [0.717, 1.165) is 0 Å². The molecule has 1 N–H and O–H groups in total. The lowest BCUT2D eigenvalue weighted by Gasteiger charge is -2.13. The molecule has 1 rings (SSSR count). The Hall–Kier alpha value is -1.23. The maximum absolute atomic E-state index is 11.4. The summed E-state index contributed by atoms with van der Waals surface area (Å²) in [5.74, 6) is -0.555. The van der Waals surface area contributed by atoms with Crippen LogP contribution in [0.25, 0.3) is 0 Å². The first kappa shape index (κ1) is 12.8. The number of phenols is 1. The van der Waals surface area contributed by atoms with E-state index < -0.39 is 5.97 Å². The van der Waals surface area contributed by atoms with Gasteiger partial charge in [0.1, 0.15) is 5.56 Å². The lowest BCUT2D eigenvalue weighted by molar-refractivity contribution is 0.0596. The molecule has 4 nitrogen and oxygen atoms in total. The van der Waals surface area contributed by atoms with Crippen LogP contribution in [0.15, 0.2) is 16.6 Å². The van der Waals surface area contributed by atoms with Crippen LogP contribution >= 0.6 is 15.9 Å². The van der Waals surface area contributed by atoms with Crippen molar-refractivity contribution in [2.45, 2.75) is 20.0 Å². The van der Waals surface area contributed by atoms with Gasteiger partial charge in [-0.1, -0.05) is 15.9 Å². The molecule has 1 aromatic carbocycles. The molecule has 0 saturated heterocycles. The van der Waals surface area contributed by atoms with Crippen LogP contribution in [0.1, 0.15) is 24.2 Å². The normalized spacial score (nSPS) is 10.3. The molecule has 0 amide bonds. The second-order valence-electron chi connectivity index (χ2n) is 3.46. The SMILES string of the molecule is COC(=O)c1cc(Br)cc(OC(C)C)c1O. The van der Waals surface area contributed by atoms with Crippen LogP contribution < -0.4 is 4.74 Å². The molecule has 1 aromatic rings. The number of hydrogen-bond donors (Lipinski definition) is 1. The summed E-state index contributed by atoms with van der Waals surface area (Å²) in [4.78, 5) is 11.4. The van der Waals surface area contributed by atoms with Crippen molar-refractivity contribution in [3.05, 3.63) is 22.2 Å². The zero-order chi connectivity index (χ0) is 12.3. The summed E-state index contributed by atoms with van der Waals surface area (Å²) in [5.41, 5.74) is 0.0764. The zero-order valence-electron chi connectivity index (χ0n) is 9.28. The molecule has 0 saturated carbocycles. The van der Waals surface area contributed by atoms with Crippen LogP contribution in [0.5, 0.6) is 11.5 Å². The monoisotopic (exact) mass is 288 g/mol. The van der Waals surface area contributed by atoms with Crippen molar-refractivity contribution in [1.82, 2.24) is 0 Å². The van der Waals surface area contributed by atoms with Gasteiger partial charge >= 0.3 is 5.97 Å². The van der Waals surface area contributed by atoms with E-state index in [1.165, 1.54) is 13.2 Å². The fourth-order valence-corrected chi connectivity index (χ4v) is 1.62. The van der Waals surface area contributed by atoms with Gasteiger partial charge in [-0.15, -0.1) is 0 Å². The number of methoxy groups -OCH3 is 1. The van der Waals surface area contributed by atoms with E-state index >= 15 is 0 Å². The molecule has 0 atom stereocenters. The van der Waals surface area contributed by atoms with Gasteiger partial charge in [0, 0.05) is 4.47 Å². The van der Waals surface area contributed by atoms with Gasteiger partial charge in [0.15, 0.2) is 11.5 Å². The number of carbonyl (C=O) groups excluding carboxylic acids is 1. The van der Waals surface area contributed by atoms with Gasteiger partial charge in [-0.25, -0.2) is 4.79 Å². The van der Waals surface area contributed by atoms with Gasteiger partial charge < -0.3 is 14.6 Å². The molecule has 0 heterocycles. The highest BCUT2D eigenvalue weighted by atomic mass is 79.9. The molecule has 0 aliphatic carbocycles. The summed E-state index contributed by atoms with van der Waals surface area (Å²) in [6.45, 7) is 3.66. The fraction of sp³-hybridized carbons (Fsp3) is 0.364. The number of carbonyl (C=O) groups is 1. The van der Waals surface area contributed by atoms with Crippen LogP contribution in [0.3, 0.4) is 0 Å². The number of esters is 1. The Balaban J connectivity index is 3.20. The molecule has 0 spiro atoms. The van der Waals surface area contributed by atoms with Gasteiger partial charge in [-0.05, 0) is 26.0 Å². The maximum atomic E-state index is 11.4. The topological polar surface area (TPSA) is 55.8 Å². The number of ether oxygens (including phenoxy) is 2. The second kappa shape index (κ2) is 5.21. The van der Waals surface area contributed by atoms with Crippen LogP contribution in [0.2, 0.25) is 0 Å². The Labute approximate surface area is 102 Å². The van der Waals surface area contributed by atoms with Gasteiger partial charge in [0.25, 0.3) is 0 Å². The summed E-state index contributed by atoms with van der Waals surface area (Å²) < 4.78 is 10.6. The van der Waals surface area contributed by atoms with E-state index in [1.807, 2.05) is 13.8 Å². The lowest BCUT2D eigenvalue weighted by Crippen LogP contribution is -2.08. The standard InChI is InChI=1S/C11H13BrO4/c1-6(2)16-9-5-7(12)4-8(10(9)13)11(14)15-3/h4-6,13H,1-3H3. The fourth-order valence-electron chi connectivity index (χ4n) is 1.18. The Bertz CT molecular complexity index is 401. The van der Waals surface area contributed by atoms with E-state index in [4.69, 9.17) is 4.74 Å². The molecule has 0 aliphatic heterocycles. The van der Waals surface area contributed by atoms with Crippen molar-refractivity contribution in [2.75, 3.05) is 7.11 Å². The molecular weight excluding hydrogens is 276 g/mol. The quantitative estimate of drug-likeness (QED) is 0.869. The molecule has 16 heavy (non-hydrogen) atoms. The highest BCUT2D eigenvalue weighted by Crippen LogP contribution is 2.34. The summed E-state index contributed by atoms with van der Waals surface area (Å²) >= 11 is 3.24. The molecule has 0 unspecified atom stereocenters. The zero-order valence-corrected chi connectivity index (χ0v) is 10.9. The molecule has 88 valence electrons. The molecule has 0 bridgehead atoms. The first-order chi connectivity index (χ1) is 7.45. The smallest absolute Gasteiger partial charge is 0.341 e. The minimum absolute atomic E-state index is 0.0764. The lowest BCUT2D eigenvalue weighted by atomic mass is 10.2. The summed E-state index contributed by atoms with van der Waals surface area (Å²) in [7, 11) is 1.26. The average Bonchev–Trinajstić information content (AvgIpc) is 2.21. The third-order valence-corrected chi connectivity index (χ3v) is 2.27. The van der Waals surface area contributed by atoms with Crippen LogP contribution in [0, 0.1) is 0 Å². The number of rotatable bonds is 3. The number of benzene rings is 1. The number of phenolic OH excluding ortho intramolecular Hbond substituents is 1. The third kappa shape index (κ3) is 2.88. The van der Waals surface area contributed by atoms with Crippen LogP contribution in [0.4, 0.5) is 0 Å². The minimum atomic E-state index is -0.604. The van der Waals surface area contributed by atoms with Crippen molar-refractivity contribution >= 4 is 21.9 Å². The van der Waals surface area contributed by atoms with Gasteiger partial charge in [0.05, 0.1) is 13.2 Å². The van der Waals surface area contributed by atoms with Crippen molar-refractivity contribution in [3.63, 3.8) is 0 Å². The molecule has 0 fully saturated rings. The number of aromatic hydroxyl groups is 1. The van der Waals surface area contributed by atoms with E-state index in [-0.39, 0.29) is 23.2 Å². The summed E-state index contributed by atoms with van der Waals surface area (Å²) in [6, 6.07) is 3.08. The maximum Gasteiger partial charge on any atom is 0.341 e. The van der Waals surface area contributed by atoms with Crippen molar-refractivity contribution in [2.24, 2.45) is 0 Å². The van der Waals surface area contributed by atoms with Crippen LogP contribution in [-0.4, -0.2) is 24.3 Å². The minimum Gasteiger partial charge on any atom is -0.504 e. The van der Waals surface area contributed by atoms with E-state index in [1.54, 1.807) is 6.07 Å². The number of hydrogen-bond acceptors (Lipinski definition) is 4. The molecule has 5 heteroatoms. The first-order valence-electron chi connectivity index (χ1n) is 4.73. The van der Waals surface area contributed by atoms with E-state index in [0.29, 0.717) is 4.47 Å². The predicted octanol–water partition coefficient (Wildman–Crippen LogP) is 2.73. The predicted molar refractivity (Wildman–Crippen MR) is 62.9 cm³/mol. The first-order valence-corrected chi connectivity index (χ1v) is 5.52. The Morgan fingerprint density at radius 3 is 2.56 bits per heavy atom. The summed E-state index contributed by atoms with van der Waals surface area (Å²) in [6.07, 6.45) is -0.0919. The van der Waals surface area contributed by atoms with Crippen molar-refractivity contribution < 1.29 is 19.4 Å². The Morgan fingerprint density at radius 2 is 2.06 bits per heavy atom.